The zero-order chi connectivity index (χ0) is 7.98. The van der Waals surface area contributed by atoms with Crippen molar-refractivity contribution in [1.29, 1.82) is 0 Å². The van der Waals surface area contributed by atoms with E-state index in [0.29, 0.717) is 5.28 Å². The van der Waals surface area contributed by atoms with Gasteiger partial charge in [0.1, 0.15) is 0 Å². The Morgan fingerprint density at radius 2 is 1.60 bits per heavy atom. The third-order valence-corrected chi connectivity index (χ3v) is 1.25. The molecular weight excluding hydrogens is 130 g/mol. The molecule has 0 spiro atoms. The van der Waals surface area contributed by atoms with E-state index in [9.17, 15) is 0 Å². The minimum atomic E-state index is 0.674. The van der Waals surface area contributed by atoms with Crippen molar-refractivity contribution in [2.45, 2.75) is 26.7 Å². The second-order valence-electron chi connectivity index (χ2n) is 2.27. The number of hydrogen-bond acceptors (Lipinski definition) is 4. The molecule has 0 radical (unpaired) electrons. The molecule has 0 atom stereocenters. The lowest BCUT2D eigenvalue weighted by Gasteiger charge is -2.24. The highest BCUT2D eigenvalue weighted by Gasteiger charge is 2.05. The van der Waals surface area contributed by atoms with E-state index in [2.05, 4.69) is 0 Å². The molecule has 3 N–H and O–H groups in total. The van der Waals surface area contributed by atoms with E-state index in [-0.39, 0.29) is 0 Å². The molecule has 0 aliphatic heterocycles. The van der Waals surface area contributed by atoms with Crippen molar-refractivity contribution in [2.75, 3.05) is 13.1 Å². The highest BCUT2D eigenvalue weighted by atomic mass is 16.6. The Morgan fingerprint density at radius 1 is 1.20 bits per heavy atom. The fourth-order valence-electron chi connectivity index (χ4n) is 0.833. The Morgan fingerprint density at radius 3 is 1.80 bits per heavy atom. The van der Waals surface area contributed by atoms with Crippen molar-refractivity contribution in [3.05, 3.63) is 0 Å². The zero-order valence-electron chi connectivity index (χ0n) is 6.75. The summed E-state index contributed by atoms with van der Waals surface area (Å²) in [5, 5.41) is 11.2. The van der Waals surface area contributed by atoms with Crippen LogP contribution < -0.4 is 5.84 Å². The quantitative estimate of drug-likeness (QED) is 0.441. The second-order valence-corrected chi connectivity index (χ2v) is 2.27. The Hall–Kier alpha value is -0.160. The second kappa shape index (κ2) is 5.61. The minimum absolute atomic E-state index is 0.674. The van der Waals surface area contributed by atoms with E-state index in [1.807, 2.05) is 13.8 Å². The van der Waals surface area contributed by atoms with Gasteiger partial charge in [0.15, 0.2) is 0 Å². The van der Waals surface area contributed by atoms with E-state index >= 15 is 0 Å². The average Bonchev–Trinajstić information content (AvgIpc) is 1.87. The highest BCUT2D eigenvalue weighted by molar-refractivity contribution is 4.44. The number of hydrazine groups is 2. The van der Waals surface area contributed by atoms with Crippen LogP contribution in [0.1, 0.15) is 26.7 Å². The predicted octanol–water partition coefficient (Wildman–Crippen LogP) is 0.588. The standard InChI is InChI=1S/C6H17N3O/c1-3-5-8(6-4-2)9(7)10/h10H,3-7H2,1-2H3. The molecule has 0 heterocycles. The van der Waals surface area contributed by atoms with Crippen LogP contribution in [-0.2, 0) is 0 Å². The third-order valence-electron chi connectivity index (χ3n) is 1.25. The Bertz CT molecular complexity index is 71.4. The fourth-order valence-corrected chi connectivity index (χ4v) is 0.833. The summed E-state index contributed by atoms with van der Waals surface area (Å²) in [4.78, 5) is 0. The molecule has 0 fully saturated rings. The van der Waals surface area contributed by atoms with Crippen molar-refractivity contribution >= 4 is 0 Å². The Labute approximate surface area is 62.1 Å². The summed E-state index contributed by atoms with van der Waals surface area (Å²) >= 11 is 0. The fraction of sp³-hybridized carbons (Fsp3) is 1.00. The summed E-state index contributed by atoms with van der Waals surface area (Å²) in [7, 11) is 0. The summed E-state index contributed by atoms with van der Waals surface area (Å²) in [6, 6.07) is 0. The molecule has 62 valence electrons. The lowest BCUT2D eigenvalue weighted by Crippen LogP contribution is -2.45. The molecule has 4 heteroatoms. The van der Waals surface area contributed by atoms with Crippen molar-refractivity contribution in [1.82, 2.24) is 10.3 Å². The van der Waals surface area contributed by atoms with Gasteiger partial charge in [-0.05, 0) is 12.8 Å². The van der Waals surface area contributed by atoms with Gasteiger partial charge in [0, 0.05) is 13.1 Å². The Balaban J connectivity index is 3.50. The SMILES string of the molecule is CCCN(CCC)N(N)O. The van der Waals surface area contributed by atoms with Crippen LogP contribution in [-0.4, -0.2) is 28.6 Å². The van der Waals surface area contributed by atoms with Crippen LogP contribution in [0.25, 0.3) is 0 Å². The van der Waals surface area contributed by atoms with Crippen LogP contribution in [0.2, 0.25) is 0 Å². The molecule has 0 saturated heterocycles. The van der Waals surface area contributed by atoms with E-state index in [0.717, 1.165) is 25.9 Å². The van der Waals surface area contributed by atoms with Crippen LogP contribution >= 0.6 is 0 Å². The normalized spacial score (nSPS) is 11.4. The monoisotopic (exact) mass is 147 g/mol. The highest BCUT2D eigenvalue weighted by Crippen LogP contribution is 1.92. The molecule has 0 rings (SSSR count). The molecule has 0 aliphatic carbocycles. The van der Waals surface area contributed by atoms with Crippen molar-refractivity contribution in [2.24, 2.45) is 5.84 Å². The summed E-state index contributed by atoms with van der Waals surface area (Å²) < 4.78 is 0. The topological polar surface area (TPSA) is 52.7 Å². The van der Waals surface area contributed by atoms with Gasteiger partial charge in [-0.1, -0.05) is 19.1 Å². The number of hydrogen-bond donors (Lipinski definition) is 2. The maximum Gasteiger partial charge on any atom is 0.0166 e. The molecule has 4 nitrogen and oxygen atoms in total. The molecule has 10 heavy (non-hydrogen) atoms. The van der Waals surface area contributed by atoms with Crippen LogP contribution in [0.3, 0.4) is 0 Å². The van der Waals surface area contributed by atoms with Gasteiger partial charge in [0.25, 0.3) is 0 Å². The van der Waals surface area contributed by atoms with Gasteiger partial charge in [-0.15, -0.1) is 0 Å². The van der Waals surface area contributed by atoms with Gasteiger partial charge in [-0.2, -0.15) is 0 Å². The van der Waals surface area contributed by atoms with Crippen LogP contribution in [0.4, 0.5) is 0 Å². The first-order valence-electron chi connectivity index (χ1n) is 3.70. The largest absolute Gasteiger partial charge is 0.285 e. The summed E-state index contributed by atoms with van der Waals surface area (Å²) in [6.45, 7) is 5.71. The lowest BCUT2D eigenvalue weighted by molar-refractivity contribution is -0.249. The maximum atomic E-state index is 8.81. The first kappa shape index (κ1) is 9.84. The molecular formula is C6H17N3O. The molecule has 0 aromatic carbocycles. The van der Waals surface area contributed by atoms with Gasteiger partial charge < -0.3 is 0 Å². The predicted molar refractivity (Wildman–Crippen MR) is 40.0 cm³/mol. The number of nitrogens with zero attached hydrogens (tertiary/aromatic N) is 2. The molecule has 0 saturated carbocycles. The molecule has 0 unspecified atom stereocenters. The van der Waals surface area contributed by atoms with Crippen molar-refractivity contribution < 1.29 is 5.21 Å². The van der Waals surface area contributed by atoms with E-state index in [1.54, 1.807) is 5.01 Å². The van der Waals surface area contributed by atoms with E-state index < -0.39 is 0 Å². The average molecular weight is 147 g/mol. The summed E-state index contributed by atoms with van der Waals surface area (Å²) in [6.07, 6.45) is 1.99. The zero-order valence-corrected chi connectivity index (χ0v) is 6.75. The van der Waals surface area contributed by atoms with Crippen LogP contribution in [0, 0.1) is 0 Å². The van der Waals surface area contributed by atoms with Gasteiger partial charge in [-0.25, -0.2) is 10.9 Å². The number of nitrogens with two attached hydrogens (primary N) is 1. The van der Waals surface area contributed by atoms with Gasteiger partial charge in [-0.3, -0.25) is 5.21 Å². The van der Waals surface area contributed by atoms with Crippen molar-refractivity contribution in [3.8, 4) is 0 Å². The molecule has 0 aromatic rings. The summed E-state index contributed by atoms with van der Waals surface area (Å²) in [5.74, 6) is 5.12. The van der Waals surface area contributed by atoms with Gasteiger partial charge in [0.2, 0.25) is 0 Å². The maximum absolute atomic E-state index is 8.81. The van der Waals surface area contributed by atoms with Crippen molar-refractivity contribution in [3.63, 3.8) is 0 Å². The van der Waals surface area contributed by atoms with Gasteiger partial charge in [0.05, 0.1) is 0 Å². The van der Waals surface area contributed by atoms with E-state index in [4.69, 9.17) is 11.0 Å². The minimum Gasteiger partial charge on any atom is -0.285 e. The first-order chi connectivity index (χ1) is 4.72. The Kier molecular flexibility index (Phi) is 5.52. The smallest absolute Gasteiger partial charge is 0.0166 e. The summed E-state index contributed by atoms with van der Waals surface area (Å²) in [5.41, 5.74) is 0. The molecule has 0 amide bonds. The number of rotatable bonds is 5. The lowest BCUT2D eigenvalue weighted by atomic mass is 10.4. The van der Waals surface area contributed by atoms with Crippen LogP contribution in [0.15, 0.2) is 0 Å². The molecule has 0 bridgehead atoms. The molecule has 0 aromatic heterocycles. The third kappa shape index (κ3) is 3.79. The van der Waals surface area contributed by atoms with E-state index in [1.165, 1.54) is 0 Å². The molecule has 0 aliphatic rings. The first-order valence-corrected chi connectivity index (χ1v) is 3.70. The van der Waals surface area contributed by atoms with Gasteiger partial charge >= 0.3 is 0 Å². The van der Waals surface area contributed by atoms with Crippen LogP contribution in [0.5, 0.6) is 0 Å².